The maximum absolute atomic E-state index is 12.7. The van der Waals surface area contributed by atoms with Gasteiger partial charge in [0.25, 0.3) is 0 Å². The first-order valence-electron chi connectivity index (χ1n) is 6.61. The summed E-state index contributed by atoms with van der Waals surface area (Å²) in [5, 5.41) is 0.335. The zero-order valence-corrected chi connectivity index (χ0v) is 12.8. The van der Waals surface area contributed by atoms with Gasteiger partial charge >= 0.3 is 0 Å². The van der Waals surface area contributed by atoms with Gasteiger partial charge in [0.1, 0.15) is 0 Å². The number of nitrogens with two attached hydrogens (primary N) is 1. The Labute approximate surface area is 133 Å². The minimum absolute atomic E-state index is 0.0652. The van der Waals surface area contributed by atoms with Gasteiger partial charge in [-0.1, -0.05) is 60.3 Å². The maximum atomic E-state index is 12.7. The van der Waals surface area contributed by atoms with Crippen molar-refractivity contribution in [1.29, 1.82) is 0 Å². The van der Waals surface area contributed by atoms with Gasteiger partial charge in [-0.15, -0.1) is 11.6 Å². The number of allylic oxidation sites excluding steroid dienone is 1. The highest BCUT2D eigenvalue weighted by Gasteiger charge is 2.34. The summed E-state index contributed by atoms with van der Waals surface area (Å²) in [4.78, 5) is 12.7. The molecule has 0 amide bonds. The van der Waals surface area contributed by atoms with Crippen LogP contribution in [0.1, 0.15) is 21.9 Å². The van der Waals surface area contributed by atoms with Crippen molar-refractivity contribution in [2.24, 2.45) is 5.73 Å². The summed E-state index contributed by atoms with van der Waals surface area (Å²) >= 11 is 7.28. The second kappa shape index (κ2) is 5.96. The highest BCUT2D eigenvalue weighted by atomic mass is 35.5. The molecule has 0 radical (unpaired) electrons. The van der Waals surface area contributed by atoms with E-state index in [4.69, 9.17) is 17.3 Å². The Bertz CT molecular complexity index is 712. The van der Waals surface area contributed by atoms with Crippen molar-refractivity contribution in [2.45, 2.75) is 11.1 Å². The predicted octanol–water partition coefficient (Wildman–Crippen LogP) is 4.11. The van der Waals surface area contributed by atoms with Gasteiger partial charge in [0.05, 0.1) is 15.9 Å². The van der Waals surface area contributed by atoms with Crippen LogP contribution in [-0.4, -0.2) is 5.78 Å². The van der Waals surface area contributed by atoms with Gasteiger partial charge in [0.2, 0.25) is 0 Å². The Morgan fingerprint density at radius 3 is 2.57 bits per heavy atom. The third-order valence-electron chi connectivity index (χ3n) is 3.45. The van der Waals surface area contributed by atoms with Crippen molar-refractivity contribution < 1.29 is 4.79 Å². The van der Waals surface area contributed by atoms with Gasteiger partial charge in [-0.05, 0) is 22.8 Å². The van der Waals surface area contributed by atoms with E-state index in [0.29, 0.717) is 16.5 Å². The lowest BCUT2D eigenvalue weighted by atomic mass is 9.96. The van der Waals surface area contributed by atoms with E-state index < -0.39 is 0 Å². The molecule has 2 aromatic carbocycles. The molecule has 1 aliphatic rings. The summed E-state index contributed by atoms with van der Waals surface area (Å²) in [5.41, 5.74) is 9.54. The van der Waals surface area contributed by atoms with Crippen molar-refractivity contribution in [3.05, 3.63) is 76.3 Å². The van der Waals surface area contributed by atoms with Crippen LogP contribution < -0.4 is 5.73 Å². The highest BCUT2D eigenvalue weighted by molar-refractivity contribution is 8.04. The molecule has 2 nitrogen and oxygen atoms in total. The van der Waals surface area contributed by atoms with E-state index in [0.717, 1.165) is 16.7 Å². The Morgan fingerprint density at radius 2 is 1.86 bits per heavy atom. The van der Waals surface area contributed by atoms with Gasteiger partial charge in [-0.3, -0.25) is 4.79 Å². The molecule has 1 aliphatic heterocycles. The first kappa shape index (κ1) is 14.2. The minimum Gasteiger partial charge on any atom is -0.393 e. The molecular weight excluding hydrogens is 302 g/mol. The normalized spacial score (nSPS) is 18.3. The Kier molecular flexibility index (Phi) is 4.04. The van der Waals surface area contributed by atoms with Crippen molar-refractivity contribution >= 4 is 34.7 Å². The standard InChI is InChI=1S/C17H14ClNOS/c18-10-11-5-4-8-13(9-11)14-15(20)16(21-17(14)19)12-6-2-1-3-7-12/h1-9,16H,10,19H2. The average Bonchev–Trinajstić information content (AvgIpc) is 2.83. The fraction of sp³-hybridized carbons (Fsp3) is 0.118. The number of rotatable bonds is 3. The number of carbonyl (C=O) groups excluding carboxylic acids is 1. The fourth-order valence-corrected chi connectivity index (χ4v) is 3.71. The summed E-state index contributed by atoms with van der Waals surface area (Å²) in [6, 6.07) is 17.4. The number of benzene rings is 2. The van der Waals surface area contributed by atoms with Crippen LogP contribution in [0.5, 0.6) is 0 Å². The average molecular weight is 316 g/mol. The molecular formula is C17H14ClNOS. The number of Topliss-reactive ketones (excluding diaryl/α,β-unsaturated/α-hetero) is 1. The Balaban J connectivity index is 1.96. The first-order chi connectivity index (χ1) is 10.2. The first-order valence-corrected chi connectivity index (χ1v) is 8.03. The second-order valence-electron chi connectivity index (χ2n) is 4.85. The van der Waals surface area contributed by atoms with Crippen LogP contribution >= 0.6 is 23.4 Å². The lowest BCUT2D eigenvalue weighted by molar-refractivity contribution is -0.113. The summed E-state index contributed by atoms with van der Waals surface area (Å²) in [5.74, 6) is 0.486. The molecule has 0 aliphatic carbocycles. The van der Waals surface area contributed by atoms with E-state index >= 15 is 0 Å². The number of alkyl halides is 1. The molecule has 1 unspecified atom stereocenters. The third kappa shape index (κ3) is 2.71. The van der Waals surface area contributed by atoms with Gasteiger partial charge < -0.3 is 5.73 Å². The Morgan fingerprint density at radius 1 is 1.10 bits per heavy atom. The van der Waals surface area contributed by atoms with Crippen LogP contribution in [0.2, 0.25) is 0 Å². The second-order valence-corrected chi connectivity index (χ2v) is 6.26. The van der Waals surface area contributed by atoms with Crippen LogP contribution in [0.15, 0.2) is 59.6 Å². The number of thioether (sulfide) groups is 1. The largest absolute Gasteiger partial charge is 0.393 e. The quantitative estimate of drug-likeness (QED) is 0.867. The van der Waals surface area contributed by atoms with Crippen molar-refractivity contribution in [2.75, 3.05) is 0 Å². The monoisotopic (exact) mass is 315 g/mol. The van der Waals surface area contributed by atoms with Gasteiger partial charge in [-0.25, -0.2) is 0 Å². The van der Waals surface area contributed by atoms with Crippen LogP contribution in [0.3, 0.4) is 0 Å². The van der Waals surface area contributed by atoms with Gasteiger partial charge in [-0.2, -0.15) is 0 Å². The fourth-order valence-electron chi connectivity index (χ4n) is 2.43. The molecule has 21 heavy (non-hydrogen) atoms. The zero-order chi connectivity index (χ0) is 14.8. The molecule has 0 aromatic heterocycles. The number of halogens is 1. The molecule has 0 fully saturated rings. The number of carbonyl (C=O) groups is 1. The van der Waals surface area contributed by atoms with Crippen LogP contribution in [0.4, 0.5) is 0 Å². The van der Waals surface area contributed by atoms with E-state index in [2.05, 4.69) is 0 Å². The molecule has 1 atom stereocenters. The molecule has 2 aromatic rings. The van der Waals surface area contributed by atoms with Crippen LogP contribution in [0.25, 0.3) is 5.57 Å². The van der Waals surface area contributed by atoms with Crippen molar-refractivity contribution in [1.82, 2.24) is 0 Å². The zero-order valence-electron chi connectivity index (χ0n) is 11.3. The Hall–Kier alpha value is -1.71. The molecule has 0 bridgehead atoms. The lowest BCUT2D eigenvalue weighted by Gasteiger charge is -2.08. The van der Waals surface area contributed by atoms with E-state index in [1.165, 1.54) is 11.8 Å². The number of hydrogen-bond acceptors (Lipinski definition) is 3. The van der Waals surface area contributed by atoms with E-state index in [9.17, 15) is 4.79 Å². The smallest absolute Gasteiger partial charge is 0.183 e. The van der Waals surface area contributed by atoms with E-state index in [1.54, 1.807) is 0 Å². The molecule has 2 N–H and O–H groups in total. The van der Waals surface area contributed by atoms with Crippen molar-refractivity contribution in [3.63, 3.8) is 0 Å². The predicted molar refractivity (Wildman–Crippen MR) is 88.9 cm³/mol. The van der Waals surface area contributed by atoms with E-state index in [1.807, 2.05) is 54.6 Å². The van der Waals surface area contributed by atoms with Gasteiger partial charge in [0.15, 0.2) is 5.78 Å². The molecule has 4 heteroatoms. The maximum Gasteiger partial charge on any atom is 0.183 e. The summed E-state index contributed by atoms with van der Waals surface area (Å²) in [7, 11) is 0. The van der Waals surface area contributed by atoms with Crippen LogP contribution in [-0.2, 0) is 10.7 Å². The molecule has 0 saturated heterocycles. The molecule has 1 heterocycles. The van der Waals surface area contributed by atoms with Gasteiger partial charge in [0, 0.05) is 5.88 Å². The van der Waals surface area contributed by atoms with Crippen LogP contribution in [0, 0.1) is 0 Å². The summed E-state index contributed by atoms with van der Waals surface area (Å²) in [6.45, 7) is 0. The molecule has 3 rings (SSSR count). The molecule has 0 spiro atoms. The van der Waals surface area contributed by atoms with E-state index in [-0.39, 0.29) is 11.0 Å². The van der Waals surface area contributed by atoms with Crippen molar-refractivity contribution in [3.8, 4) is 0 Å². The summed E-state index contributed by atoms with van der Waals surface area (Å²) in [6.07, 6.45) is 0. The third-order valence-corrected chi connectivity index (χ3v) is 4.94. The number of hydrogen-bond donors (Lipinski definition) is 1. The number of ketones is 1. The molecule has 0 saturated carbocycles. The summed E-state index contributed by atoms with van der Waals surface area (Å²) < 4.78 is 0. The topological polar surface area (TPSA) is 43.1 Å². The minimum atomic E-state index is -0.249. The SMILES string of the molecule is NC1=C(c2cccc(CCl)c2)C(=O)C(c2ccccc2)S1. The lowest BCUT2D eigenvalue weighted by Crippen LogP contribution is -2.06. The molecule has 106 valence electrons. The highest BCUT2D eigenvalue weighted by Crippen LogP contribution is 2.46.